The van der Waals surface area contributed by atoms with E-state index in [0.29, 0.717) is 23.9 Å². The first kappa shape index (κ1) is 17.3. The zero-order valence-corrected chi connectivity index (χ0v) is 16.0. The average Bonchev–Trinajstić information content (AvgIpc) is 3.49. The number of rotatable bonds is 6. The van der Waals surface area contributed by atoms with E-state index in [-0.39, 0.29) is 0 Å². The lowest BCUT2D eigenvalue weighted by molar-refractivity contribution is -0.105. The number of hydrogen-bond donors (Lipinski definition) is 0. The minimum atomic E-state index is 0.292. The van der Waals surface area contributed by atoms with Gasteiger partial charge in [-0.1, -0.05) is 17.7 Å². The van der Waals surface area contributed by atoms with Gasteiger partial charge >= 0.3 is 0 Å². The molecule has 6 heteroatoms. The number of halogens is 1. The summed E-state index contributed by atoms with van der Waals surface area (Å²) in [5.74, 6) is 2.19. The average molecular weight is 395 g/mol. The van der Waals surface area contributed by atoms with E-state index in [9.17, 15) is 4.79 Å². The highest BCUT2D eigenvalue weighted by atomic mass is 35.5. The van der Waals surface area contributed by atoms with Crippen molar-refractivity contribution >= 4 is 34.9 Å². The van der Waals surface area contributed by atoms with Gasteiger partial charge in [0.2, 0.25) is 0 Å². The molecule has 1 aromatic heterocycles. The third-order valence-electron chi connectivity index (χ3n) is 5.18. The number of hydrogen-bond acceptors (Lipinski definition) is 4. The molecule has 1 aliphatic heterocycles. The number of fused-ring (bicyclic) bond motifs is 2. The molecule has 0 spiro atoms. The molecule has 0 saturated heterocycles. The molecule has 0 unspecified atom stereocenters. The molecular weight excluding hydrogens is 376 g/mol. The van der Waals surface area contributed by atoms with Crippen molar-refractivity contribution < 1.29 is 14.3 Å². The van der Waals surface area contributed by atoms with Crippen LogP contribution in [0.3, 0.4) is 0 Å². The summed E-state index contributed by atoms with van der Waals surface area (Å²) in [5, 5.41) is 5.99. The molecule has 1 fully saturated rings. The molecule has 0 N–H and O–H groups in total. The topological polar surface area (TPSA) is 53.3 Å². The third-order valence-corrected chi connectivity index (χ3v) is 5.45. The van der Waals surface area contributed by atoms with Crippen molar-refractivity contribution in [1.29, 1.82) is 0 Å². The van der Waals surface area contributed by atoms with Crippen LogP contribution in [0.2, 0.25) is 5.15 Å². The lowest BCUT2D eigenvalue weighted by atomic mass is 10.1. The quantitative estimate of drug-likeness (QED) is 0.571. The fraction of sp³-hybridized carbons (Fsp3) is 0.273. The van der Waals surface area contributed by atoms with Gasteiger partial charge in [0.05, 0.1) is 5.52 Å². The Bertz CT molecular complexity index is 1100. The molecule has 1 saturated carbocycles. The molecule has 2 aromatic carbocycles. The summed E-state index contributed by atoms with van der Waals surface area (Å²) >= 11 is 6.35. The predicted octanol–water partition coefficient (Wildman–Crippen LogP) is 4.65. The van der Waals surface area contributed by atoms with E-state index in [4.69, 9.17) is 21.1 Å². The Labute approximate surface area is 167 Å². The first-order valence-electron chi connectivity index (χ1n) is 9.40. The third kappa shape index (κ3) is 3.38. The summed E-state index contributed by atoms with van der Waals surface area (Å²) < 4.78 is 13.6. The van der Waals surface area contributed by atoms with Gasteiger partial charge in [0, 0.05) is 29.1 Å². The molecule has 28 heavy (non-hydrogen) atoms. The highest BCUT2D eigenvalue weighted by Gasteiger charge is 2.23. The molecule has 0 radical (unpaired) electrons. The first-order valence-corrected chi connectivity index (χ1v) is 9.78. The fourth-order valence-corrected chi connectivity index (χ4v) is 3.69. The van der Waals surface area contributed by atoms with Crippen molar-refractivity contribution in [3.63, 3.8) is 0 Å². The lowest BCUT2D eigenvalue weighted by Gasteiger charge is -2.16. The second kappa shape index (κ2) is 6.99. The maximum Gasteiger partial charge on any atom is 0.158 e. The summed E-state index contributed by atoms with van der Waals surface area (Å²) in [6, 6.07) is 11.8. The number of carbonyl (C=O) groups is 1. The minimum absolute atomic E-state index is 0.292. The molecule has 1 aliphatic carbocycles. The second-order valence-electron chi connectivity index (χ2n) is 7.38. The molecule has 2 aliphatic rings. The van der Waals surface area contributed by atoms with Crippen LogP contribution in [0.25, 0.3) is 17.0 Å². The zero-order valence-electron chi connectivity index (χ0n) is 15.2. The van der Waals surface area contributed by atoms with Crippen LogP contribution in [0.5, 0.6) is 11.5 Å². The predicted molar refractivity (Wildman–Crippen MR) is 108 cm³/mol. The monoisotopic (exact) mass is 394 g/mol. The van der Waals surface area contributed by atoms with Gasteiger partial charge in [0.15, 0.2) is 5.15 Å². The van der Waals surface area contributed by atoms with E-state index in [1.54, 1.807) is 0 Å². The van der Waals surface area contributed by atoms with E-state index in [2.05, 4.69) is 17.2 Å². The van der Waals surface area contributed by atoms with Gasteiger partial charge < -0.3 is 9.47 Å². The van der Waals surface area contributed by atoms with Gasteiger partial charge in [-0.25, -0.2) is 0 Å². The number of benzene rings is 2. The van der Waals surface area contributed by atoms with Gasteiger partial charge in [-0.05, 0) is 54.7 Å². The van der Waals surface area contributed by atoms with Crippen LogP contribution in [0, 0.1) is 5.92 Å². The van der Waals surface area contributed by atoms with E-state index in [1.165, 1.54) is 12.8 Å². The van der Waals surface area contributed by atoms with Crippen LogP contribution in [-0.2, 0) is 17.9 Å². The van der Waals surface area contributed by atoms with E-state index >= 15 is 0 Å². The fourth-order valence-electron chi connectivity index (χ4n) is 3.45. The summed E-state index contributed by atoms with van der Waals surface area (Å²) in [7, 11) is 0. The van der Waals surface area contributed by atoms with Crippen molar-refractivity contribution in [2.24, 2.45) is 5.92 Å². The Morgan fingerprint density at radius 1 is 1.25 bits per heavy atom. The number of ether oxygens (including phenoxy) is 2. The van der Waals surface area contributed by atoms with E-state index in [0.717, 1.165) is 52.3 Å². The number of nitrogens with zero attached hydrogens (tertiary/aromatic N) is 2. The van der Waals surface area contributed by atoms with Crippen molar-refractivity contribution in [2.45, 2.75) is 26.0 Å². The maximum atomic E-state index is 10.9. The summed E-state index contributed by atoms with van der Waals surface area (Å²) in [6.45, 7) is 1.66. The Kier molecular flexibility index (Phi) is 4.32. The number of carbonyl (C=O) groups excluding carboxylic acids is 1. The zero-order chi connectivity index (χ0) is 19.1. The van der Waals surface area contributed by atoms with Gasteiger partial charge in [0.1, 0.15) is 31.0 Å². The largest absolute Gasteiger partial charge is 0.489 e. The summed E-state index contributed by atoms with van der Waals surface area (Å²) in [5.41, 5.74) is 3.62. The van der Waals surface area contributed by atoms with Gasteiger partial charge in [0.25, 0.3) is 0 Å². The van der Waals surface area contributed by atoms with E-state index < -0.39 is 0 Å². The minimum Gasteiger partial charge on any atom is -0.489 e. The molecule has 0 atom stereocenters. The second-order valence-corrected chi connectivity index (χ2v) is 7.74. The first-order chi connectivity index (χ1) is 13.7. The summed E-state index contributed by atoms with van der Waals surface area (Å²) in [6.07, 6.45) is 5.22. The van der Waals surface area contributed by atoms with Crippen LogP contribution in [-0.4, -0.2) is 22.7 Å². The molecular formula is C22H19ClN2O3. The number of aldehydes is 1. The standard InChI is InChI=1S/C22H19ClN2O3/c23-22-19-8-15(3-6-20(19)25(24-22)10-14-1-2-14)12-27-18-5-4-17-7-16(11-26)13-28-21(17)9-18/h3-9,11,14H,1-2,10,12-13H2. The number of aromatic nitrogens is 2. The highest BCUT2D eigenvalue weighted by molar-refractivity contribution is 6.34. The van der Waals surface area contributed by atoms with Gasteiger partial charge in [-0.15, -0.1) is 0 Å². The van der Waals surface area contributed by atoms with Crippen molar-refractivity contribution in [1.82, 2.24) is 9.78 Å². The molecule has 0 amide bonds. The van der Waals surface area contributed by atoms with Gasteiger partial charge in [-0.3, -0.25) is 9.48 Å². The molecule has 5 rings (SSSR count). The van der Waals surface area contributed by atoms with Crippen LogP contribution in [0.4, 0.5) is 0 Å². The van der Waals surface area contributed by atoms with Crippen molar-refractivity contribution in [3.8, 4) is 11.5 Å². The van der Waals surface area contributed by atoms with Crippen LogP contribution >= 0.6 is 11.6 Å². The van der Waals surface area contributed by atoms with E-state index in [1.807, 2.05) is 35.0 Å². The molecule has 2 heterocycles. The van der Waals surface area contributed by atoms with Crippen LogP contribution < -0.4 is 9.47 Å². The SMILES string of the molecule is O=CC1=Cc2ccc(OCc3ccc4c(c3)c(Cl)nn4CC3CC3)cc2OC1. The highest BCUT2D eigenvalue weighted by Crippen LogP contribution is 2.33. The normalized spacial score (nSPS) is 15.7. The Morgan fingerprint density at radius 3 is 2.96 bits per heavy atom. The Balaban J connectivity index is 1.33. The smallest absolute Gasteiger partial charge is 0.158 e. The molecule has 0 bridgehead atoms. The van der Waals surface area contributed by atoms with Crippen molar-refractivity contribution in [2.75, 3.05) is 6.61 Å². The molecule has 3 aromatic rings. The lowest BCUT2D eigenvalue weighted by Crippen LogP contribution is -2.08. The maximum absolute atomic E-state index is 10.9. The molecule has 142 valence electrons. The van der Waals surface area contributed by atoms with Crippen LogP contribution in [0.15, 0.2) is 42.0 Å². The van der Waals surface area contributed by atoms with Gasteiger partial charge in [-0.2, -0.15) is 5.10 Å². The Morgan fingerprint density at radius 2 is 2.14 bits per heavy atom. The molecule has 5 nitrogen and oxygen atoms in total. The Hall–Kier alpha value is -2.79. The van der Waals surface area contributed by atoms with Crippen LogP contribution in [0.1, 0.15) is 24.0 Å². The summed E-state index contributed by atoms with van der Waals surface area (Å²) in [4.78, 5) is 10.9. The van der Waals surface area contributed by atoms with Crippen molar-refractivity contribution in [3.05, 3.63) is 58.3 Å².